The minimum absolute atomic E-state index is 0.281. The van der Waals surface area contributed by atoms with Crippen molar-refractivity contribution in [2.45, 2.75) is 13.8 Å². The van der Waals surface area contributed by atoms with Crippen molar-refractivity contribution in [1.82, 2.24) is 5.32 Å². The Labute approximate surface area is 87.2 Å². The van der Waals surface area contributed by atoms with Crippen LogP contribution in [0.1, 0.15) is 13.8 Å². The SMILES string of the molecule is COC(=S)NCC(C)(C)CI. The summed E-state index contributed by atoms with van der Waals surface area (Å²) < 4.78 is 5.91. The molecule has 0 aliphatic carbocycles. The molecule has 0 atom stereocenters. The summed E-state index contributed by atoms with van der Waals surface area (Å²) in [5, 5.41) is 3.50. The lowest BCUT2D eigenvalue weighted by atomic mass is 9.97. The molecule has 0 rings (SSSR count). The molecule has 4 heteroatoms. The lowest BCUT2D eigenvalue weighted by molar-refractivity contribution is 0.363. The lowest BCUT2D eigenvalue weighted by Crippen LogP contribution is -2.34. The number of alkyl halides is 1. The van der Waals surface area contributed by atoms with E-state index in [1.807, 2.05) is 0 Å². The zero-order valence-electron chi connectivity index (χ0n) is 7.11. The van der Waals surface area contributed by atoms with Crippen molar-refractivity contribution in [3.63, 3.8) is 0 Å². The first-order chi connectivity index (χ1) is 5.02. The van der Waals surface area contributed by atoms with E-state index in [0.717, 1.165) is 11.0 Å². The summed E-state index contributed by atoms with van der Waals surface area (Å²) in [6, 6.07) is 0. The van der Waals surface area contributed by atoms with Gasteiger partial charge in [0, 0.05) is 11.0 Å². The number of hydrogen-bond donors (Lipinski definition) is 1. The Hall–Kier alpha value is 0.420. The summed E-state index contributed by atoms with van der Waals surface area (Å²) in [5.74, 6) is 0. The Morgan fingerprint density at radius 1 is 1.64 bits per heavy atom. The normalized spacial score (nSPS) is 10.9. The van der Waals surface area contributed by atoms with Gasteiger partial charge in [0.1, 0.15) is 0 Å². The highest BCUT2D eigenvalue weighted by Gasteiger charge is 2.15. The highest BCUT2D eigenvalue weighted by Crippen LogP contribution is 2.16. The Morgan fingerprint density at radius 3 is 2.55 bits per heavy atom. The topological polar surface area (TPSA) is 21.3 Å². The molecule has 1 N–H and O–H groups in total. The Morgan fingerprint density at radius 2 is 2.18 bits per heavy atom. The fraction of sp³-hybridized carbons (Fsp3) is 0.857. The van der Waals surface area contributed by atoms with Crippen LogP contribution in [0.5, 0.6) is 0 Å². The van der Waals surface area contributed by atoms with E-state index in [4.69, 9.17) is 17.0 Å². The first-order valence-electron chi connectivity index (χ1n) is 3.39. The fourth-order valence-corrected chi connectivity index (χ4v) is 0.773. The molecule has 0 fully saturated rings. The van der Waals surface area contributed by atoms with Crippen molar-refractivity contribution in [2.24, 2.45) is 5.41 Å². The molecule has 0 saturated heterocycles. The molecule has 66 valence electrons. The third-order valence-corrected chi connectivity index (χ3v) is 3.63. The van der Waals surface area contributed by atoms with Gasteiger partial charge in [-0.3, -0.25) is 0 Å². The summed E-state index contributed by atoms with van der Waals surface area (Å²) in [7, 11) is 1.58. The largest absolute Gasteiger partial charge is 0.474 e. The van der Waals surface area contributed by atoms with E-state index in [0.29, 0.717) is 5.17 Å². The van der Waals surface area contributed by atoms with E-state index in [1.165, 1.54) is 0 Å². The number of ether oxygens (including phenoxy) is 1. The van der Waals surface area contributed by atoms with Crippen molar-refractivity contribution in [3.8, 4) is 0 Å². The molecule has 0 unspecified atom stereocenters. The second kappa shape index (κ2) is 5.13. The number of thiocarbonyl (C=S) groups is 1. The van der Waals surface area contributed by atoms with Gasteiger partial charge >= 0.3 is 0 Å². The summed E-state index contributed by atoms with van der Waals surface area (Å²) in [6.45, 7) is 5.23. The van der Waals surface area contributed by atoms with Gasteiger partial charge in [0.2, 0.25) is 0 Å². The first-order valence-corrected chi connectivity index (χ1v) is 5.33. The van der Waals surface area contributed by atoms with Crippen LogP contribution in [-0.4, -0.2) is 23.3 Å². The van der Waals surface area contributed by atoms with Crippen molar-refractivity contribution in [3.05, 3.63) is 0 Å². The molecular weight excluding hydrogens is 273 g/mol. The maximum absolute atomic E-state index is 4.84. The molecule has 0 radical (unpaired) electrons. The number of halogens is 1. The molecule has 0 saturated carbocycles. The van der Waals surface area contributed by atoms with Gasteiger partial charge < -0.3 is 10.1 Å². The molecule has 0 heterocycles. The highest BCUT2D eigenvalue weighted by molar-refractivity contribution is 14.1. The molecule has 0 aliphatic rings. The maximum Gasteiger partial charge on any atom is 0.256 e. The van der Waals surface area contributed by atoms with Crippen molar-refractivity contribution < 1.29 is 4.74 Å². The second-order valence-corrected chi connectivity index (χ2v) is 4.28. The zero-order valence-corrected chi connectivity index (χ0v) is 10.1. The summed E-state index contributed by atoms with van der Waals surface area (Å²) in [5.41, 5.74) is 0.281. The number of hydrogen-bond acceptors (Lipinski definition) is 2. The molecule has 2 nitrogen and oxygen atoms in total. The van der Waals surface area contributed by atoms with Crippen LogP contribution in [0.3, 0.4) is 0 Å². The van der Waals surface area contributed by atoms with Crippen LogP contribution < -0.4 is 5.32 Å². The van der Waals surface area contributed by atoms with Crippen LogP contribution in [-0.2, 0) is 4.74 Å². The van der Waals surface area contributed by atoms with Gasteiger partial charge in [-0.2, -0.15) is 0 Å². The van der Waals surface area contributed by atoms with E-state index >= 15 is 0 Å². The molecular formula is C7H14INOS. The molecule has 11 heavy (non-hydrogen) atoms. The monoisotopic (exact) mass is 287 g/mol. The number of rotatable bonds is 3. The fourth-order valence-electron chi connectivity index (χ4n) is 0.431. The molecule has 0 bridgehead atoms. The van der Waals surface area contributed by atoms with Crippen molar-refractivity contribution in [1.29, 1.82) is 0 Å². The molecule has 0 spiro atoms. The van der Waals surface area contributed by atoms with Gasteiger partial charge in [0.15, 0.2) is 0 Å². The molecule has 0 aromatic rings. The Bertz CT molecular complexity index is 138. The van der Waals surface area contributed by atoms with Crippen LogP contribution in [0.15, 0.2) is 0 Å². The van der Waals surface area contributed by atoms with E-state index in [-0.39, 0.29) is 5.41 Å². The Kier molecular flexibility index (Phi) is 5.33. The van der Waals surface area contributed by atoms with Crippen LogP contribution in [0, 0.1) is 5.41 Å². The van der Waals surface area contributed by atoms with Crippen LogP contribution in [0.2, 0.25) is 0 Å². The zero-order chi connectivity index (χ0) is 8.91. The second-order valence-electron chi connectivity index (χ2n) is 3.14. The summed E-state index contributed by atoms with van der Waals surface area (Å²) >= 11 is 7.20. The van der Waals surface area contributed by atoms with E-state index in [1.54, 1.807) is 7.11 Å². The average molecular weight is 287 g/mol. The lowest BCUT2D eigenvalue weighted by Gasteiger charge is -2.22. The average Bonchev–Trinajstić information content (AvgIpc) is 2.00. The smallest absolute Gasteiger partial charge is 0.256 e. The third-order valence-electron chi connectivity index (χ3n) is 1.26. The minimum atomic E-state index is 0.281. The van der Waals surface area contributed by atoms with Crippen molar-refractivity contribution >= 4 is 40.0 Å². The predicted octanol–water partition coefficient (Wildman–Crippen LogP) is 1.97. The van der Waals surface area contributed by atoms with Gasteiger partial charge in [0.25, 0.3) is 5.17 Å². The van der Waals surface area contributed by atoms with Crippen molar-refractivity contribution in [2.75, 3.05) is 18.1 Å². The molecule has 0 aromatic carbocycles. The first kappa shape index (κ1) is 11.4. The van der Waals surface area contributed by atoms with E-state index in [9.17, 15) is 0 Å². The highest BCUT2D eigenvalue weighted by atomic mass is 127. The summed E-state index contributed by atoms with van der Waals surface area (Å²) in [4.78, 5) is 0. The van der Waals surface area contributed by atoms with E-state index < -0.39 is 0 Å². The van der Waals surface area contributed by atoms with Crippen LogP contribution >= 0.6 is 34.8 Å². The summed E-state index contributed by atoms with van der Waals surface area (Å²) in [6.07, 6.45) is 0. The van der Waals surface area contributed by atoms with Gasteiger partial charge in [-0.15, -0.1) is 0 Å². The van der Waals surface area contributed by atoms with Gasteiger partial charge in [-0.1, -0.05) is 36.4 Å². The minimum Gasteiger partial charge on any atom is -0.474 e. The van der Waals surface area contributed by atoms with Crippen LogP contribution in [0.4, 0.5) is 0 Å². The van der Waals surface area contributed by atoms with Crippen LogP contribution in [0.25, 0.3) is 0 Å². The number of nitrogens with one attached hydrogen (secondary N) is 1. The van der Waals surface area contributed by atoms with Gasteiger partial charge in [-0.05, 0) is 17.6 Å². The number of methoxy groups -OCH3 is 1. The standard InChI is InChI=1S/C7H14INOS/c1-7(2,4-8)5-9-6(11)10-3/h4-5H2,1-3H3,(H,9,11). The van der Waals surface area contributed by atoms with Gasteiger partial charge in [0.05, 0.1) is 7.11 Å². The quantitative estimate of drug-likeness (QED) is 0.487. The maximum atomic E-state index is 4.84. The Balaban J connectivity index is 3.61. The molecule has 0 aliphatic heterocycles. The molecule has 0 aromatic heterocycles. The molecule has 0 amide bonds. The third kappa shape index (κ3) is 5.66. The van der Waals surface area contributed by atoms with Gasteiger partial charge in [-0.25, -0.2) is 0 Å². The predicted molar refractivity (Wildman–Crippen MR) is 60.3 cm³/mol. The van der Waals surface area contributed by atoms with E-state index in [2.05, 4.69) is 41.8 Å².